The van der Waals surface area contributed by atoms with E-state index in [1.807, 2.05) is 6.07 Å². The molecule has 0 spiro atoms. The van der Waals surface area contributed by atoms with E-state index in [9.17, 15) is 4.39 Å². The van der Waals surface area contributed by atoms with Crippen molar-refractivity contribution in [2.45, 2.75) is 12.5 Å². The first-order valence-electron chi connectivity index (χ1n) is 3.32. The molecule has 3 heteroatoms. The molecule has 1 aromatic rings. The highest BCUT2D eigenvalue weighted by Crippen LogP contribution is 2.12. The molecule has 0 fully saturated rings. The van der Waals surface area contributed by atoms with Crippen LogP contribution in [-0.2, 0) is 6.42 Å². The number of hydrogen-bond donors (Lipinski definition) is 0. The van der Waals surface area contributed by atoms with Crippen molar-refractivity contribution < 1.29 is 4.39 Å². The smallest absolute Gasteiger partial charge is 0.124 e. The van der Waals surface area contributed by atoms with E-state index in [1.165, 1.54) is 6.07 Å². The standard InChI is InChI=1S/C8H7FISi/c9-7-3-6(1-2-11)4-8(10)5-7/h3-5H,1-2H2. The molecule has 57 valence electrons. The van der Waals surface area contributed by atoms with Gasteiger partial charge in [0.25, 0.3) is 0 Å². The zero-order valence-electron chi connectivity index (χ0n) is 5.90. The Morgan fingerprint density at radius 1 is 1.36 bits per heavy atom. The lowest BCUT2D eigenvalue weighted by Crippen LogP contribution is -1.87. The van der Waals surface area contributed by atoms with Gasteiger partial charge in [0, 0.05) is 13.8 Å². The molecule has 0 aliphatic carbocycles. The molecular weight excluding hydrogens is 270 g/mol. The fraction of sp³-hybridized carbons (Fsp3) is 0.250. The van der Waals surface area contributed by atoms with Crippen molar-refractivity contribution in [1.29, 1.82) is 0 Å². The molecule has 0 N–H and O–H groups in total. The normalized spacial score (nSPS) is 10.1. The summed E-state index contributed by atoms with van der Waals surface area (Å²) in [6.45, 7) is 0. The second-order valence-corrected chi connectivity index (χ2v) is 4.02. The summed E-state index contributed by atoms with van der Waals surface area (Å²) in [5.74, 6) is -0.146. The van der Waals surface area contributed by atoms with Crippen LogP contribution in [0.5, 0.6) is 0 Å². The van der Waals surface area contributed by atoms with E-state index in [2.05, 4.69) is 32.8 Å². The summed E-state index contributed by atoms with van der Waals surface area (Å²) >= 11 is 2.11. The van der Waals surface area contributed by atoms with Gasteiger partial charge in [0.1, 0.15) is 5.82 Å². The summed E-state index contributed by atoms with van der Waals surface area (Å²) in [5.41, 5.74) is 1.05. The Hall–Kier alpha value is 0.0969. The summed E-state index contributed by atoms with van der Waals surface area (Å²) in [4.78, 5) is 0. The quantitative estimate of drug-likeness (QED) is 0.575. The monoisotopic (exact) mass is 277 g/mol. The highest BCUT2D eigenvalue weighted by Gasteiger charge is 1.96. The maximum absolute atomic E-state index is 12.7. The van der Waals surface area contributed by atoms with E-state index in [1.54, 1.807) is 6.07 Å². The summed E-state index contributed by atoms with van der Waals surface area (Å²) in [7, 11) is 3.36. The molecule has 0 saturated heterocycles. The Morgan fingerprint density at radius 3 is 2.64 bits per heavy atom. The van der Waals surface area contributed by atoms with Crippen LogP contribution in [0.3, 0.4) is 0 Å². The van der Waals surface area contributed by atoms with Gasteiger partial charge < -0.3 is 0 Å². The topological polar surface area (TPSA) is 0 Å². The highest BCUT2D eigenvalue weighted by molar-refractivity contribution is 14.1. The molecule has 0 heterocycles. The van der Waals surface area contributed by atoms with Crippen LogP contribution in [0.25, 0.3) is 0 Å². The van der Waals surface area contributed by atoms with E-state index >= 15 is 0 Å². The van der Waals surface area contributed by atoms with Crippen molar-refractivity contribution in [3.63, 3.8) is 0 Å². The van der Waals surface area contributed by atoms with Gasteiger partial charge >= 0.3 is 0 Å². The predicted octanol–water partition coefficient (Wildman–Crippen LogP) is 2.56. The van der Waals surface area contributed by atoms with Gasteiger partial charge in [-0.1, -0.05) is 6.04 Å². The fourth-order valence-electron chi connectivity index (χ4n) is 0.900. The molecule has 1 aromatic carbocycles. The summed E-state index contributed by atoms with van der Waals surface area (Å²) in [5, 5.41) is 0. The number of rotatable bonds is 2. The SMILES string of the molecule is Fc1cc(I)cc(CC[Si])c1. The number of aryl methyl sites for hydroxylation is 1. The summed E-state index contributed by atoms with van der Waals surface area (Å²) in [6.07, 6.45) is 0.880. The van der Waals surface area contributed by atoms with Crippen molar-refractivity contribution in [1.82, 2.24) is 0 Å². The molecule has 1 rings (SSSR count). The van der Waals surface area contributed by atoms with Gasteiger partial charge in [0.2, 0.25) is 0 Å². The fourth-order valence-corrected chi connectivity index (χ4v) is 1.89. The second kappa shape index (κ2) is 4.20. The van der Waals surface area contributed by atoms with Crippen LogP contribution in [0.1, 0.15) is 5.56 Å². The predicted molar refractivity (Wildman–Crippen MR) is 53.4 cm³/mol. The molecule has 0 bridgehead atoms. The van der Waals surface area contributed by atoms with Crippen molar-refractivity contribution in [3.8, 4) is 0 Å². The number of halogens is 2. The Balaban J connectivity index is 2.89. The van der Waals surface area contributed by atoms with Gasteiger partial charge in [0.15, 0.2) is 0 Å². The Kier molecular flexibility index (Phi) is 3.51. The average molecular weight is 277 g/mol. The second-order valence-electron chi connectivity index (χ2n) is 2.28. The minimum atomic E-state index is -0.146. The lowest BCUT2D eigenvalue weighted by atomic mass is 10.2. The van der Waals surface area contributed by atoms with Crippen molar-refractivity contribution in [2.24, 2.45) is 0 Å². The molecule has 0 aromatic heterocycles. The third-order valence-electron chi connectivity index (χ3n) is 1.34. The van der Waals surface area contributed by atoms with Gasteiger partial charge in [-0.05, 0) is 52.8 Å². The molecule has 0 atom stereocenters. The van der Waals surface area contributed by atoms with Crippen LogP contribution in [0.15, 0.2) is 18.2 Å². The molecule has 0 nitrogen and oxygen atoms in total. The molecule has 11 heavy (non-hydrogen) atoms. The maximum atomic E-state index is 12.7. The third-order valence-corrected chi connectivity index (χ3v) is 2.21. The van der Waals surface area contributed by atoms with Gasteiger partial charge in [-0.3, -0.25) is 0 Å². The Morgan fingerprint density at radius 2 is 2.09 bits per heavy atom. The van der Waals surface area contributed by atoms with Gasteiger partial charge in [-0.25, -0.2) is 4.39 Å². The first-order chi connectivity index (χ1) is 5.22. The minimum absolute atomic E-state index is 0.146. The summed E-state index contributed by atoms with van der Waals surface area (Å²) < 4.78 is 13.7. The first-order valence-corrected chi connectivity index (χ1v) is 5.10. The molecule has 0 amide bonds. The number of hydrogen-bond acceptors (Lipinski definition) is 0. The lowest BCUT2D eigenvalue weighted by Gasteiger charge is -1.99. The largest absolute Gasteiger partial charge is 0.207 e. The van der Waals surface area contributed by atoms with Crippen LogP contribution in [0, 0.1) is 9.39 Å². The lowest BCUT2D eigenvalue weighted by molar-refractivity contribution is 0.624. The Labute approximate surface area is 82.8 Å². The van der Waals surface area contributed by atoms with Gasteiger partial charge in [-0.2, -0.15) is 0 Å². The number of benzene rings is 1. The van der Waals surface area contributed by atoms with Crippen LogP contribution in [0.2, 0.25) is 6.04 Å². The van der Waals surface area contributed by atoms with E-state index in [0.29, 0.717) is 0 Å². The molecule has 0 saturated carbocycles. The Bertz CT molecular complexity index is 230. The maximum Gasteiger partial charge on any atom is 0.124 e. The van der Waals surface area contributed by atoms with Crippen LogP contribution in [-0.4, -0.2) is 10.2 Å². The summed E-state index contributed by atoms with van der Waals surface area (Å²) in [6, 6.07) is 5.96. The zero-order chi connectivity index (χ0) is 8.27. The van der Waals surface area contributed by atoms with Gasteiger partial charge in [-0.15, -0.1) is 0 Å². The molecular formula is C8H7FISi. The average Bonchev–Trinajstić information content (AvgIpc) is 1.85. The highest BCUT2D eigenvalue weighted by atomic mass is 127. The van der Waals surface area contributed by atoms with Crippen molar-refractivity contribution in [3.05, 3.63) is 33.1 Å². The van der Waals surface area contributed by atoms with E-state index in [-0.39, 0.29) is 5.82 Å². The molecule has 0 unspecified atom stereocenters. The van der Waals surface area contributed by atoms with Crippen LogP contribution in [0.4, 0.5) is 4.39 Å². The van der Waals surface area contributed by atoms with E-state index in [4.69, 9.17) is 0 Å². The van der Waals surface area contributed by atoms with Crippen molar-refractivity contribution >= 4 is 32.8 Å². The van der Waals surface area contributed by atoms with E-state index in [0.717, 1.165) is 21.6 Å². The molecule has 0 aliphatic rings. The zero-order valence-corrected chi connectivity index (χ0v) is 9.06. The van der Waals surface area contributed by atoms with Crippen LogP contribution < -0.4 is 0 Å². The molecule has 0 aliphatic heterocycles. The van der Waals surface area contributed by atoms with E-state index < -0.39 is 0 Å². The first kappa shape index (κ1) is 9.19. The molecule has 3 radical (unpaired) electrons. The minimum Gasteiger partial charge on any atom is -0.207 e. The van der Waals surface area contributed by atoms with Crippen molar-refractivity contribution in [2.75, 3.05) is 0 Å². The van der Waals surface area contributed by atoms with Gasteiger partial charge in [0.05, 0.1) is 0 Å². The van der Waals surface area contributed by atoms with Crippen LogP contribution >= 0.6 is 22.6 Å². The third kappa shape index (κ3) is 2.90.